The number of carbonyl (C=O) groups excluding carboxylic acids is 1. The van der Waals surface area contributed by atoms with Gasteiger partial charge < -0.3 is 18.8 Å². The van der Waals surface area contributed by atoms with Crippen molar-refractivity contribution in [2.45, 2.75) is 76.6 Å². The summed E-state index contributed by atoms with van der Waals surface area (Å²) in [5, 5.41) is 0. The van der Waals surface area contributed by atoms with E-state index in [1.807, 2.05) is 0 Å². The third-order valence-corrected chi connectivity index (χ3v) is 9.87. The summed E-state index contributed by atoms with van der Waals surface area (Å²) < 4.78 is 25.8. The molecule has 6 atom stereocenters. The van der Waals surface area contributed by atoms with Crippen LogP contribution in [-0.4, -0.2) is 61.5 Å². The van der Waals surface area contributed by atoms with Crippen LogP contribution in [0.1, 0.15) is 46.5 Å². The molecule has 3 aliphatic carbocycles. The fourth-order valence-corrected chi connectivity index (χ4v) is 7.76. The SMILES string of the molecule is COC(=O)[C@@H]1[C@H](CCCB2O[C@@H]3C[C@@H]4C[C@@H](C4(C)C)[C@]3(C)O2)OCCN1SI. The van der Waals surface area contributed by atoms with Gasteiger partial charge >= 0.3 is 13.1 Å². The van der Waals surface area contributed by atoms with E-state index in [0.29, 0.717) is 17.9 Å². The van der Waals surface area contributed by atoms with E-state index >= 15 is 0 Å². The van der Waals surface area contributed by atoms with Gasteiger partial charge in [-0.05, 0) is 58.9 Å². The van der Waals surface area contributed by atoms with Crippen molar-refractivity contribution in [2.75, 3.05) is 20.3 Å². The highest BCUT2D eigenvalue weighted by Gasteiger charge is 2.67. The van der Waals surface area contributed by atoms with Crippen molar-refractivity contribution in [2.24, 2.45) is 17.3 Å². The molecular formula is C19H31BINO5S. The summed E-state index contributed by atoms with van der Waals surface area (Å²) in [6.45, 7) is 8.40. The van der Waals surface area contributed by atoms with Crippen LogP contribution < -0.4 is 0 Å². The number of ether oxygens (including phenoxy) is 2. The molecule has 2 aliphatic heterocycles. The second kappa shape index (κ2) is 8.18. The Bertz CT molecular complexity index is 613. The minimum Gasteiger partial charge on any atom is -0.468 e. The minimum atomic E-state index is -0.348. The fraction of sp³-hybridized carbons (Fsp3) is 0.947. The van der Waals surface area contributed by atoms with Crippen LogP contribution in [0, 0.1) is 17.3 Å². The van der Waals surface area contributed by atoms with Crippen molar-refractivity contribution in [1.29, 1.82) is 0 Å². The number of carbonyl (C=O) groups is 1. The average Bonchev–Trinajstić information content (AvgIpc) is 3.02. The van der Waals surface area contributed by atoms with Gasteiger partial charge in [-0.25, -0.2) is 4.31 Å². The van der Waals surface area contributed by atoms with Crippen molar-refractivity contribution in [3.8, 4) is 0 Å². The van der Waals surface area contributed by atoms with Crippen LogP contribution in [0.5, 0.6) is 0 Å². The molecule has 0 amide bonds. The number of halogens is 1. The van der Waals surface area contributed by atoms with Gasteiger partial charge in [0.1, 0.15) is 6.04 Å². The molecular weight excluding hydrogens is 492 g/mol. The quantitative estimate of drug-likeness (QED) is 0.228. The zero-order chi connectivity index (χ0) is 20.1. The molecule has 158 valence electrons. The molecule has 0 spiro atoms. The Hall–Kier alpha value is 0.455. The first-order chi connectivity index (χ1) is 13.3. The lowest BCUT2D eigenvalue weighted by Gasteiger charge is -2.64. The van der Waals surface area contributed by atoms with Crippen LogP contribution in [0.2, 0.25) is 6.32 Å². The summed E-state index contributed by atoms with van der Waals surface area (Å²) in [6, 6.07) is -0.348. The molecule has 9 heteroatoms. The predicted octanol–water partition coefficient (Wildman–Crippen LogP) is 3.74. The average molecular weight is 523 g/mol. The third-order valence-electron chi connectivity index (χ3n) is 7.77. The van der Waals surface area contributed by atoms with Gasteiger partial charge in [0, 0.05) is 27.8 Å². The molecule has 2 saturated heterocycles. The van der Waals surface area contributed by atoms with Crippen LogP contribution in [0.3, 0.4) is 0 Å². The lowest BCUT2D eigenvalue weighted by molar-refractivity contribution is -0.199. The Morgan fingerprint density at radius 1 is 1.36 bits per heavy atom. The summed E-state index contributed by atoms with van der Waals surface area (Å²) in [6.07, 6.45) is 5.03. The molecule has 5 rings (SSSR count). The van der Waals surface area contributed by atoms with Gasteiger partial charge in [-0.2, -0.15) is 0 Å². The van der Waals surface area contributed by atoms with E-state index in [2.05, 4.69) is 46.3 Å². The summed E-state index contributed by atoms with van der Waals surface area (Å²) in [4.78, 5) is 12.3. The van der Waals surface area contributed by atoms with Gasteiger partial charge in [0.05, 0.1) is 31.5 Å². The highest BCUT2D eigenvalue weighted by molar-refractivity contribution is 14.2. The first-order valence-corrected chi connectivity index (χ1v) is 13.7. The van der Waals surface area contributed by atoms with Crippen LogP contribution in [0.4, 0.5) is 0 Å². The van der Waals surface area contributed by atoms with E-state index < -0.39 is 0 Å². The normalized spacial score (nSPS) is 42.0. The molecule has 5 aliphatic rings. The molecule has 0 aromatic rings. The van der Waals surface area contributed by atoms with E-state index in [0.717, 1.165) is 38.0 Å². The highest BCUT2D eigenvalue weighted by Crippen LogP contribution is 2.65. The zero-order valence-electron chi connectivity index (χ0n) is 17.2. The Morgan fingerprint density at radius 3 is 2.82 bits per heavy atom. The first-order valence-electron chi connectivity index (χ1n) is 10.4. The lowest BCUT2D eigenvalue weighted by atomic mass is 9.43. The van der Waals surface area contributed by atoms with Crippen LogP contribution in [-0.2, 0) is 23.6 Å². The minimum absolute atomic E-state index is 0.139. The summed E-state index contributed by atoms with van der Waals surface area (Å²) in [5.74, 6) is 1.14. The molecule has 0 aromatic heterocycles. The van der Waals surface area contributed by atoms with E-state index in [-0.39, 0.29) is 36.9 Å². The Morgan fingerprint density at radius 2 is 2.14 bits per heavy atom. The summed E-state index contributed by atoms with van der Waals surface area (Å²) in [7, 11) is 2.86. The third kappa shape index (κ3) is 3.55. The van der Waals surface area contributed by atoms with Gasteiger partial charge in [-0.3, -0.25) is 4.79 Å². The van der Waals surface area contributed by atoms with Crippen LogP contribution in [0.15, 0.2) is 0 Å². The maximum absolute atomic E-state index is 12.3. The summed E-state index contributed by atoms with van der Waals surface area (Å²) >= 11 is 2.22. The molecule has 6 nitrogen and oxygen atoms in total. The second-order valence-electron chi connectivity index (χ2n) is 9.42. The van der Waals surface area contributed by atoms with E-state index in [1.54, 1.807) is 9.12 Å². The van der Waals surface area contributed by atoms with Crippen molar-refractivity contribution in [3.05, 3.63) is 0 Å². The molecule has 0 aromatic carbocycles. The van der Waals surface area contributed by atoms with Crippen LogP contribution >= 0.6 is 30.3 Å². The lowest BCUT2D eigenvalue weighted by Crippen LogP contribution is -2.65. The number of hydrogen-bond donors (Lipinski definition) is 0. The van der Waals surface area contributed by atoms with Crippen molar-refractivity contribution >= 4 is 43.4 Å². The molecule has 0 radical (unpaired) electrons. The van der Waals surface area contributed by atoms with Crippen molar-refractivity contribution in [1.82, 2.24) is 4.31 Å². The zero-order valence-corrected chi connectivity index (χ0v) is 20.2. The number of morpholine rings is 1. The van der Waals surface area contributed by atoms with Gasteiger partial charge in [-0.15, -0.1) is 0 Å². The molecule has 2 heterocycles. The molecule has 3 saturated carbocycles. The molecule has 28 heavy (non-hydrogen) atoms. The Balaban J connectivity index is 1.31. The number of nitrogens with zero attached hydrogens (tertiary/aromatic N) is 1. The Kier molecular flexibility index (Phi) is 6.34. The smallest absolute Gasteiger partial charge is 0.457 e. The van der Waals surface area contributed by atoms with Gasteiger partial charge in [0.2, 0.25) is 0 Å². The van der Waals surface area contributed by atoms with Gasteiger partial charge in [-0.1, -0.05) is 20.3 Å². The second-order valence-corrected chi connectivity index (χ2v) is 11.2. The number of methoxy groups -OCH3 is 1. The van der Waals surface area contributed by atoms with E-state index in [4.69, 9.17) is 18.8 Å². The predicted molar refractivity (Wildman–Crippen MR) is 118 cm³/mol. The maximum atomic E-state index is 12.3. The highest BCUT2D eigenvalue weighted by atomic mass is 127. The number of rotatable bonds is 6. The molecule has 2 bridgehead atoms. The fourth-order valence-electron chi connectivity index (χ4n) is 5.98. The van der Waals surface area contributed by atoms with E-state index in [1.165, 1.54) is 13.5 Å². The molecule has 0 N–H and O–H groups in total. The topological polar surface area (TPSA) is 57.2 Å². The Labute approximate surface area is 185 Å². The summed E-state index contributed by atoms with van der Waals surface area (Å²) in [5.41, 5.74) is 0.223. The number of hydrogen-bond acceptors (Lipinski definition) is 7. The van der Waals surface area contributed by atoms with Crippen molar-refractivity contribution < 1.29 is 23.6 Å². The number of esters is 1. The van der Waals surface area contributed by atoms with Gasteiger partial charge in [0.25, 0.3) is 0 Å². The van der Waals surface area contributed by atoms with E-state index in [9.17, 15) is 4.79 Å². The maximum Gasteiger partial charge on any atom is 0.457 e. The van der Waals surface area contributed by atoms with Gasteiger partial charge in [0.15, 0.2) is 0 Å². The van der Waals surface area contributed by atoms with Crippen LogP contribution in [0.25, 0.3) is 0 Å². The monoisotopic (exact) mass is 523 g/mol. The molecule has 0 unspecified atom stereocenters. The first kappa shape index (κ1) is 21.7. The standard InChI is InChI=1S/C19H31BINO5S/c1-18(2)12-10-14(18)19(3)15(11-12)26-20(27-19)7-5-6-13-16(17(23)24-4)22(28-21)8-9-25-13/h12-16H,5-11H2,1-4H3/t12-,13-,14-,15+,16-,19-/m0/s1. The van der Waals surface area contributed by atoms with Crippen molar-refractivity contribution in [3.63, 3.8) is 0 Å². The largest absolute Gasteiger partial charge is 0.468 e. The molecule has 5 fully saturated rings.